The van der Waals surface area contributed by atoms with Crippen LogP contribution in [0.4, 0.5) is 0 Å². The van der Waals surface area contributed by atoms with Crippen molar-refractivity contribution in [2.45, 2.75) is 0 Å². The number of rotatable bonds is 9. The van der Waals surface area contributed by atoms with Gasteiger partial charge < -0.3 is 0 Å². The minimum absolute atomic E-state index is 1.17. The topological polar surface area (TPSA) is 0 Å². The maximum atomic E-state index is 2.42. The lowest BCUT2D eigenvalue weighted by molar-refractivity contribution is 1.56. The standard InChI is InChI=1S/C80H52/c1-4-22-53(23-5-1)63-47-65(51-67(49-63)79-73-38-16-12-34-69(73)77(56-27-8-3-9-28-56)70-35-13-17-39-74(70)79)60-32-20-30-58(44-60)59-31-21-33-61(45-59)66-48-64(54-24-6-2-7-25-54)50-68(52-66)80-75-40-18-14-36-71(75)78(72-37-15-19-41-76(72)80)62-43-42-55-26-10-11-29-57(55)46-62/h1-52H. The van der Waals surface area contributed by atoms with Crippen LogP contribution in [0.25, 0.3) is 154 Å². The Hall–Kier alpha value is -10.4. The van der Waals surface area contributed by atoms with Gasteiger partial charge >= 0.3 is 0 Å². The van der Waals surface area contributed by atoms with Gasteiger partial charge in [-0.3, -0.25) is 0 Å². The van der Waals surface area contributed by atoms with E-state index in [1.165, 1.54) is 154 Å². The predicted octanol–water partition coefficient (Wildman–Crippen LogP) is 22.5. The van der Waals surface area contributed by atoms with Crippen LogP contribution >= 0.6 is 0 Å². The molecule has 0 radical (unpaired) electrons. The van der Waals surface area contributed by atoms with Crippen LogP contribution in [-0.4, -0.2) is 0 Å². The third-order valence-electron chi connectivity index (χ3n) is 16.3. The quantitative estimate of drug-likeness (QED) is 0.126. The molecule has 0 nitrogen and oxygen atoms in total. The van der Waals surface area contributed by atoms with Crippen LogP contribution in [0, 0.1) is 0 Å². The molecule has 0 spiro atoms. The summed E-state index contributed by atoms with van der Waals surface area (Å²) in [6.45, 7) is 0. The first kappa shape index (κ1) is 46.9. The van der Waals surface area contributed by atoms with E-state index < -0.39 is 0 Å². The molecule has 0 amide bonds. The molecule has 0 unspecified atom stereocenters. The van der Waals surface area contributed by atoms with Crippen molar-refractivity contribution in [3.8, 4) is 100 Å². The van der Waals surface area contributed by atoms with Gasteiger partial charge in [-0.15, -0.1) is 0 Å². The lowest BCUT2D eigenvalue weighted by atomic mass is 9.84. The Morgan fingerprint density at radius 1 is 0.113 bits per heavy atom. The molecule has 0 aliphatic rings. The van der Waals surface area contributed by atoms with E-state index in [0.29, 0.717) is 0 Å². The van der Waals surface area contributed by atoms with E-state index >= 15 is 0 Å². The van der Waals surface area contributed by atoms with Gasteiger partial charge in [0.25, 0.3) is 0 Å². The molecule has 15 rings (SSSR count). The Morgan fingerprint density at radius 3 is 0.750 bits per heavy atom. The first-order valence-electron chi connectivity index (χ1n) is 27.7. The van der Waals surface area contributed by atoms with E-state index in [-0.39, 0.29) is 0 Å². The zero-order chi connectivity index (χ0) is 52.9. The lowest BCUT2D eigenvalue weighted by Gasteiger charge is -2.19. The van der Waals surface area contributed by atoms with Gasteiger partial charge in [0.15, 0.2) is 0 Å². The first-order chi connectivity index (χ1) is 39.7. The van der Waals surface area contributed by atoms with Crippen LogP contribution in [0.1, 0.15) is 0 Å². The second-order valence-corrected chi connectivity index (χ2v) is 21.1. The van der Waals surface area contributed by atoms with E-state index in [9.17, 15) is 0 Å². The second kappa shape index (κ2) is 19.9. The maximum absolute atomic E-state index is 2.42. The third kappa shape index (κ3) is 8.34. The minimum atomic E-state index is 1.17. The van der Waals surface area contributed by atoms with E-state index in [0.717, 1.165) is 0 Å². The fraction of sp³-hybridized carbons (Fsp3) is 0. The van der Waals surface area contributed by atoms with Gasteiger partial charge in [-0.2, -0.15) is 0 Å². The molecule has 0 N–H and O–H groups in total. The normalized spacial score (nSPS) is 11.5. The summed E-state index contributed by atoms with van der Waals surface area (Å²) >= 11 is 0. The van der Waals surface area contributed by atoms with Gasteiger partial charge in [0.2, 0.25) is 0 Å². The third-order valence-corrected chi connectivity index (χ3v) is 16.3. The summed E-state index contributed by atoms with van der Waals surface area (Å²) in [4.78, 5) is 0. The number of hydrogen-bond acceptors (Lipinski definition) is 0. The summed E-state index contributed by atoms with van der Waals surface area (Å²) in [5.74, 6) is 0. The number of hydrogen-bond donors (Lipinski definition) is 0. The van der Waals surface area contributed by atoms with Gasteiger partial charge in [0, 0.05) is 0 Å². The molecule has 80 heavy (non-hydrogen) atoms. The van der Waals surface area contributed by atoms with E-state index in [2.05, 4.69) is 315 Å². The van der Waals surface area contributed by atoms with Crippen molar-refractivity contribution in [1.82, 2.24) is 0 Å². The van der Waals surface area contributed by atoms with Crippen LogP contribution in [0.5, 0.6) is 0 Å². The van der Waals surface area contributed by atoms with Gasteiger partial charge in [-0.1, -0.05) is 261 Å². The smallest absolute Gasteiger partial charge is 0.00259 e. The molecule has 15 aromatic carbocycles. The molecule has 0 aromatic heterocycles. The highest BCUT2D eigenvalue weighted by atomic mass is 14.2. The summed E-state index contributed by atoms with van der Waals surface area (Å²) in [6, 6.07) is 117. The van der Waals surface area contributed by atoms with Gasteiger partial charge in [-0.05, 0) is 209 Å². The van der Waals surface area contributed by atoms with Crippen molar-refractivity contribution in [3.63, 3.8) is 0 Å². The van der Waals surface area contributed by atoms with Gasteiger partial charge in [0.05, 0.1) is 0 Å². The molecule has 372 valence electrons. The second-order valence-electron chi connectivity index (χ2n) is 21.1. The Labute approximate surface area is 466 Å². The average molecular weight is 1010 g/mol. The van der Waals surface area contributed by atoms with Crippen molar-refractivity contribution in [3.05, 3.63) is 315 Å². The van der Waals surface area contributed by atoms with Gasteiger partial charge in [-0.25, -0.2) is 0 Å². The zero-order valence-electron chi connectivity index (χ0n) is 44.0. The van der Waals surface area contributed by atoms with E-state index in [1.54, 1.807) is 0 Å². The van der Waals surface area contributed by atoms with Crippen LogP contribution < -0.4 is 0 Å². The van der Waals surface area contributed by atoms with Crippen LogP contribution in [0.2, 0.25) is 0 Å². The minimum Gasteiger partial charge on any atom is -0.0622 e. The molecular weight excluding hydrogens is 961 g/mol. The molecule has 0 bridgehead atoms. The number of benzene rings is 15. The van der Waals surface area contributed by atoms with Crippen molar-refractivity contribution >= 4 is 53.9 Å². The lowest BCUT2D eigenvalue weighted by Crippen LogP contribution is -1.93. The Balaban J connectivity index is 0.878. The molecule has 0 heterocycles. The maximum Gasteiger partial charge on any atom is -0.00259 e. The molecule has 0 aliphatic heterocycles. The summed E-state index contributed by atoms with van der Waals surface area (Å²) in [7, 11) is 0. The monoisotopic (exact) mass is 1010 g/mol. The highest BCUT2D eigenvalue weighted by Gasteiger charge is 2.21. The molecule has 0 saturated heterocycles. The van der Waals surface area contributed by atoms with E-state index in [4.69, 9.17) is 0 Å². The molecule has 0 atom stereocenters. The molecule has 0 fully saturated rings. The largest absolute Gasteiger partial charge is 0.0622 e. The van der Waals surface area contributed by atoms with Crippen LogP contribution in [-0.2, 0) is 0 Å². The van der Waals surface area contributed by atoms with Crippen molar-refractivity contribution in [2.75, 3.05) is 0 Å². The molecule has 0 heteroatoms. The average Bonchev–Trinajstić information content (AvgIpc) is 3.70. The molecule has 0 aliphatic carbocycles. The zero-order valence-corrected chi connectivity index (χ0v) is 44.0. The Bertz CT molecular complexity index is 4740. The Kier molecular flexibility index (Phi) is 11.6. The predicted molar refractivity (Wildman–Crippen MR) is 343 cm³/mol. The summed E-state index contributed by atoms with van der Waals surface area (Å²) in [6.07, 6.45) is 0. The summed E-state index contributed by atoms with van der Waals surface area (Å²) in [5, 5.41) is 12.4. The molecular formula is C80H52. The van der Waals surface area contributed by atoms with Crippen molar-refractivity contribution in [2.24, 2.45) is 0 Å². The van der Waals surface area contributed by atoms with E-state index in [1.807, 2.05) is 0 Å². The molecule has 15 aromatic rings. The SMILES string of the molecule is c1ccc(-c2cc(-c3cccc(-c4cccc(-c5cc(-c6ccccc6)cc(-c6c7ccccc7c(-c7ccc8ccccc8c7)c7ccccc67)c5)c4)c3)cc(-c3c4ccccc4c(-c4ccccc4)c4ccccc34)c2)cc1. The number of fused-ring (bicyclic) bond motifs is 5. The summed E-state index contributed by atoms with van der Waals surface area (Å²) in [5.41, 5.74) is 21.6. The highest BCUT2D eigenvalue weighted by molar-refractivity contribution is 6.23. The fourth-order valence-corrected chi connectivity index (χ4v) is 12.7. The highest BCUT2D eigenvalue weighted by Crippen LogP contribution is 2.48. The summed E-state index contributed by atoms with van der Waals surface area (Å²) < 4.78 is 0. The van der Waals surface area contributed by atoms with Gasteiger partial charge in [0.1, 0.15) is 0 Å². The molecule has 0 saturated carbocycles. The Morgan fingerprint density at radius 2 is 0.362 bits per heavy atom. The fourth-order valence-electron chi connectivity index (χ4n) is 12.7. The van der Waals surface area contributed by atoms with Crippen LogP contribution in [0.3, 0.4) is 0 Å². The van der Waals surface area contributed by atoms with Crippen molar-refractivity contribution in [1.29, 1.82) is 0 Å². The van der Waals surface area contributed by atoms with Crippen molar-refractivity contribution < 1.29 is 0 Å². The van der Waals surface area contributed by atoms with Crippen LogP contribution in [0.15, 0.2) is 315 Å². The first-order valence-corrected chi connectivity index (χ1v) is 27.7.